The number of phosphoric acid groups is 2. The molecule has 0 aromatic heterocycles. The van der Waals surface area contributed by atoms with Crippen molar-refractivity contribution in [2.24, 2.45) is 23.7 Å². The van der Waals surface area contributed by atoms with Crippen LogP contribution >= 0.6 is 15.6 Å². The van der Waals surface area contributed by atoms with Gasteiger partial charge in [-0.3, -0.25) is 37.3 Å². The second-order valence-electron chi connectivity index (χ2n) is 27.8. The summed E-state index contributed by atoms with van der Waals surface area (Å²) in [6.07, 6.45) is 45.9. The Labute approximate surface area is 562 Å². The Hall–Kier alpha value is -1.94. The van der Waals surface area contributed by atoms with Crippen molar-refractivity contribution >= 4 is 39.5 Å². The summed E-state index contributed by atoms with van der Waals surface area (Å²) in [5.41, 5.74) is 0. The lowest BCUT2D eigenvalue weighted by molar-refractivity contribution is -0.161. The molecule has 19 heteroatoms. The Morgan fingerprint density at radius 3 is 0.772 bits per heavy atom. The minimum Gasteiger partial charge on any atom is -0.462 e. The van der Waals surface area contributed by atoms with Gasteiger partial charge in [-0.2, -0.15) is 0 Å². The SMILES string of the molecule is CCC(C)CCCCCCCCCCCCCCCCC(=O)OC[C@H](COP(=O)(O)OCC(O)COP(=O)(O)OC[C@@H](COC(=O)CCCCCCCCCCC(C)C)OC(=O)CCCCCCCCC(C)CC)OC(=O)CCCCCCCCCCCCC(C)C. The monoisotopic (exact) mass is 1350 g/mol. The summed E-state index contributed by atoms with van der Waals surface area (Å²) >= 11 is 0. The molecular formula is C73H142O17P2. The van der Waals surface area contributed by atoms with Crippen LogP contribution in [0.3, 0.4) is 0 Å². The number of rotatable bonds is 70. The third kappa shape index (κ3) is 64.1. The van der Waals surface area contributed by atoms with Crippen LogP contribution in [-0.4, -0.2) is 96.7 Å². The van der Waals surface area contributed by atoms with Crippen molar-refractivity contribution in [2.75, 3.05) is 39.6 Å². The number of hydrogen-bond acceptors (Lipinski definition) is 15. The maximum absolute atomic E-state index is 13.1. The number of hydrogen-bond donors (Lipinski definition) is 3. The maximum atomic E-state index is 13.1. The molecule has 0 saturated carbocycles. The normalized spacial score (nSPS) is 14.8. The summed E-state index contributed by atoms with van der Waals surface area (Å²) in [5.74, 6) is 0.920. The first-order valence-electron chi connectivity index (χ1n) is 37.8. The van der Waals surface area contributed by atoms with E-state index in [9.17, 15) is 43.2 Å². The minimum atomic E-state index is -4.96. The van der Waals surface area contributed by atoms with Crippen LogP contribution in [0.4, 0.5) is 0 Å². The van der Waals surface area contributed by atoms with E-state index in [0.717, 1.165) is 114 Å². The fourth-order valence-corrected chi connectivity index (χ4v) is 12.5. The highest BCUT2D eigenvalue weighted by atomic mass is 31.2. The molecular weight excluding hydrogens is 1210 g/mol. The van der Waals surface area contributed by atoms with E-state index in [2.05, 4.69) is 55.4 Å². The standard InChI is InChI=1S/C73H142O17P2/c1-9-65(7)51-43-35-27-20-15-13-11-12-14-16-21-28-37-45-53-70(75)83-59-68(89-72(77)55-47-39-30-22-18-17-19-25-33-41-49-63(3)4)61-87-91(79,80)85-57-67(74)58-86-92(81,82)88-62-69(90-73(78)56-48-40-32-31-36-44-52-66(8)10-2)60-84-71(76)54-46-38-29-24-23-26-34-42-50-64(5)6/h63-69,74H,9-62H2,1-8H3,(H,79,80)(H,81,82)/t65?,66?,67?,68-,69-/m1/s1. The van der Waals surface area contributed by atoms with Gasteiger partial charge in [0, 0.05) is 25.7 Å². The van der Waals surface area contributed by atoms with Gasteiger partial charge in [0.05, 0.1) is 26.4 Å². The largest absolute Gasteiger partial charge is 0.472 e. The molecule has 0 radical (unpaired) electrons. The number of ether oxygens (including phenoxy) is 4. The van der Waals surface area contributed by atoms with Crippen LogP contribution in [0.5, 0.6) is 0 Å². The van der Waals surface area contributed by atoms with E-state index in [1.807, 2.05) is 0 Å². The molecule has 3 N–H and O–H groups in total. The van der Waals surface area contributed by atoms with Gasteiger partial charge in [0.2, 0.25) is 0 Å². The predicted octanol–water partition coefficient (Wildman–Crippen LogP) is 20.9. The molecule has 92 heavy (non-hydrogen) atoms. The van der Waals surface area contributed by atoms with E-state index in [4.69, 9.17) is 37.0 Å². The highest BCUT2D eigenvalue weighted by Gasteiger charge is 2.30. The third-order valence-electron chi connectivity index (χ3n) is 17.5. The molecule has 546 valence electrons. The molecule has 0 amide bonds. The minimum absolute atomic E-state index is 0.102. The Kier molecular flexibility index (Phi) is 61.3. The van der Waals surface area contributed by atoms with Gasteiger partial charge in [0.25, 0.3) is 0 Å². The van der Waals surface area contributed by atoms with Gasteiger partial charge in [-0.05, 0) is 49.4 Å². The molecule has 5 unspecified atom stereocenters. The lowest BCUT2D eigenvalue weighted by atomic mass is 9.99. The van der Waals surface area contributed by atoms with E-state index >= 15 is 0 Å². The average molecular weight is 1350 g/mol. The number of esters is 4. The predicted molar refractivity (Wildman–Crippen MR) is 372 cm³/mol. The van der Waals surface area contributed by atoms with Crippen LogP contribution in [0.25, 0.3) is 0 Å². The number of carbonyl (C=O) groups is 4. The van der Waals surface area contributed by atoms with Crippen molar-refractivity contribution in [2.45, 2.75) is 382 Å². The fraction of sp³-hybridized carbons (Fsp3) is 0.945. The van der Waals surface area contributed by atoms with Crippen LogP contribution in [0.15, 0.2) is 0 Å². The fourth-order valence-electron chi connectivity index (χ4n) is 11.0. The van der Waals surface area contributed by atoms with E-state index in [1.54, 1.807) is 0 Å². The van der Waals surface area contributed by atoms with Crippen LogP contribution in [0, 0.1) is 23.7 Å². The molecule has 0 saturated heterocycles. The molecule has 17 nitrogen and oxygen atoms in total. The molecule has 0 heterocycles. The van der Waals surface area contributed by atoms with Gasteiger partial charge >= 0.3 is 39.5 Å². The van der Waals surface area contributed by atoms with Crippen LogP contribution < -0.4 is 0 Å². The molecule has 0 aromatic rings. The van der Waals surface area contributed by atoms with E-state index in [1.165, 1.54) is 167 Å². The lowest BCUT2D eigenvalue weighted by Gasteiger charge is -2.21. The van der Waals surface area contributed by atoms with Crippen LogP contribution in [0.2, 0.25) is 0 Å². The summed E-state index contributed by atoms with van der Waals surface area (Å²) in [5, 5.41) is 10.6. The number of aliphatic hydroxyl groups excluding tert-OH is 1. The maximum Gasteiger partial charge on any atom is 0.472 e. The second kappa shape index (κ2) is 62.6. The molecule has 0 aromatic carbocycles. The van der Waals surface area contributed by atoms with E-state index in [0.29, 0.717) is 25.7 Å². The van der Waals surface area contributed by atoms with Gasteiger partial charge < -0.3 is 33.8 Å². The Morgan fingerprint density at radius 1 is 0.304 bits per heavy atom. The van der Waals surface area contributed by atoms with Crippen molar-refractivity contribution in [1.29, 1.82) is 0 Å². The first kappa shape index (κ1) is 90.1. The van der Waals surface area contributed by atoms with Gasteiger partial charge in [-0.1, -0.05) is 312 Å². The van der Waals surface area contributed by atoms with Gasteiger partial charge in [-0.15, -0.1) is 0 Å². The van der Waals surface area contributed by atoms with E-state index in [-0.39, 0.29) is 25.7 Å². The third-order valence-corrected chi connectivity index (χ3v) is 19.4. The summed E-state index contributed by atoms with van der Waals surface area (Å²) in [4.78, 5) is 72.6. The molecule has 0 fully saturated rings. The van der Waals surface area contributed by atoms with Crippen LogP contribution in [0.1, 0.15) is 364 Å². The van der Waals surface area contributed by atoms with Crippen molar-refractivity contribution in [1.82, 2.24) is 0 Å². The Balaban J connectivity index is 5.23. The van der Waals surface area contributed by atoms with Crippen molar-refractivity contribution in [3.63, 3.8) is 0 Å². The molecule has 0 spiro atoms. The Morgan fingerprint density at radius 2 is 0.522 bits per heavy atom. The molecule has 7 atom stereocenters. The zero-order valence-corrected chi connectivity index (χ0v) is 62.0. The number of phosphoric ester groups is 2. The average Bonchev–Trinajstić information content (AvgIpc) is 1.90. The van der Waals surface area contributed by atoms with E-state index < -0.39 is 97.5 Å². The molecule has 0 aliphatic carbocycles. The molecule has 0 rings (SSSR count). The zero-order valence-electron chi connectivity index (χ0n) is 60.2. The van der Waals surface area contributed by atoms with Crippen molar-refractivity contribution in [3.05, 3.63) is 0 Å². The summed E-state index contributed by atoms with van der Waals surface area (Å²) in [7, 11) is -9.91. The smallest absolute Gasteiger partial charge is 0.462 e. The molecule has 0 bridgehead atoms. The van der Waals surface area contributed by atoms with Gasteiger partial charge in [-0.25, -0.2) is 9.13 Å². The quantitative estimate of drug-likeness (QED) is 0.0222. The van der Waals surface area contributed by atoms with Gasteiger partial charge in [0.15, 0.2) is 12.2 Å². The highest BCUT2D eigenvalue weighted by molar-refractivity contribution is 7.47. The zero-order chi connectivity index (χ0) is 68.2. The number of unbranched alkanes of at least 4 members (excludes halogenated alkanes) is 34. The summed E-state index contributed by atoms with van der Waals surface area (Å²) < 4.78 is 68.4. The lowest BCUT2D eigenvalue weighted by Crippen LogP contribution is -2.30. The second-order valence-corrected chi connectivity index (χ2v) is 30.7. The first-order chi connectivity index (χ1) is 44.2. The highest BCUT2D eigenvalue weighted by Crippen LogP contribution is 2.45. The van der Waals surface area contributed by atoms with Crippen molar-refractivity contribution < 1.29 is 80.2 Å². The number of aliphatic hydroxyl groups is 1. The Bertz CT molecular complexity index is 1820. The van der Waals surface area contributed by atoms with Gasteiger partial charge in [0.1, 0.15) is 19.3 Å². The van der Waals surface area contributed by atoms with Crippen LogP contribution in [-0.2, 0) is 65.4 Å². The molecule has 0 aliphatic heterocycles. The topological polar surface area (TPSA) is 237 Å². The van der Waals surface area contributed by atoms with Crippen molar-refractivity contribution in [3.8, 4) is 0 Å². The first-order valence-corrected chi connectivity index (χ1v) is 40.8. The number of carbonyl (C=O) groups excluding carboxylic acids is 4. The summed E-state index contributed by atoms with van der Waals surface area (Å²) in [6, 6.07) is 0. The molecule has 0 aliphatic rings. The summed E-state index contributed by atoms with van der Waals surface area (Å²) in [6.45, 7) is 14.1.